The minimum Gasteiger partial charge on any atom is -0.360 e. The maximum atomic E-state index is 12.2. The Labute approximate surface area is 166 Å². The summed E-state index contributed by atoms with van der Waals surface area (Å²) in [5.74, 6) is 0.336. The largest absolute Gasteiger partial charge is 0.360 e. The molecule has 0 radical (unpaired) electrons. The highest BCUT2D eigenvalue weighted by Crippen LogP contribution is 2.31. The molecule has 1 aliphatic rings. The van der Waals surface area contributed by atoms with E-state index in [1.165, 1.54) is 0 Å². The summed E-state index contributed by atoms with van der Waals surface area (Å²) >= 11 is 0. The van der Waals surface area contributed by atoms with Gasteiger partial charge in [-0.2, -0.15) is 0 Å². The van der Waals surface area contributed by atoms with Crippen molar-refractivity contribution >= 4 is 16.7 Å². The van der Waals surface area contributed by atoms with Crippen molar-refractivity contribution in [2.24, 2.45) is 0 Å². The molecule has 0 saturated carbocycles. The summed E-state index contributed by atoms with van der Waals surface area (Å²) in [5, 5.41) is 5.59. The van der Waals surface area contributed by atoms with E-state index < -0.39 is 0 Å². The fourth-order valence-electron chi connectivity index (χ4n) is 3.83. The normalized spacial score (nSPS) is 16.7. The molecule has 144 valence electrons. The van der Waals surface area contributed by atoms with Crippen LogP contribution in [-0.2, 0) is 4.79 Å². The first-order valence-electron chi connectivity index (χ1n) is 9.41. The summed E-state index contributed by atoms with van der Waals surface area (Å²) in [6, 6.07) is 14.9. The molecule has 4 heterocycles. The average molecular weight is 386 g/mol. The van der Waals surface area contributed by atoms with Crippen LogP contribution in [0.4, 0.5) is 0 Å². The summed E-state index contributed by atoms with van der Waals surface area (Å²) in [5.41, 5.74) is 2.71. The summed E-state index contributed by atoms with van der Waals surface area (Å²) in [6.45, 7) is 0.716. The van der Waals surface area contributed by atoms with E-state index in [1.54, 1.807) is 30.3 Å². The van der Waals surface area contributed by atoms with E-state index in [1.807, 2.05) is 36.4 Å². The van der Waals surface area contributed by atoms with Crippen LogP contribution < -0.4 is 5.56 Å². The lowest BCUT2D eigenvalue weighted by molar-refractivity contribution is -0.128. The molecule has 4 aromatic rings. The highest BCUT2D eigenvalue weighted by Gasteiger charge is 2.33. The third kappa shape index (κ3) is 2.91. The molecule has 7 heteroatoms. The number of benzene rings is 1. The monoisotopic (exact) mass is 386 g/mol. The lowest BCUT2D eigenvalue weighted by atomic mass is 10.0. The van der Waals surface area contributed by atoms with Crippen molar-refractivity contribution in [1.82, 2.24) is 20.0 Å². The molecule has 1 amide bonds. The zero-order chi connectivity index (χ0) is 20.0. The minimum atomic E-state index is -0.283. The summed E-state index contributed by atoms with van der Waals surface area (Å²) < 4.78 is 5.47. The number of hydrogen-bond acceptors (Lipinski definition) is 5. The van der Waals surface area contributed by atoms with Gasteiger partial charge in [-0.1, -0.05) is 23.4 Å². The molecule has 3 aromatic heterocycles. The van der Waals surface area contributed by atoms with Crippen molar-refractivity contribution in [1.29, 1.82) is 0 Å². The predicted octanol–water partition coefficient (Wildman–Crippen LogP) is 3.19. The number of aromatic amines is 1. The fraction of sp³-hybridized carbons (Fsp3) is 0.182. The maximum absolute atomic E-state index is 12.2. The molecule has 1 aromatic carbocycles. The van der Waals surface area contributed by atoms with Gasteiger partial charge in [0.05, 0.1) is 11.4 Å². The van der Waals surface area contributed by atoms with E-state index in [2.05, 4.69) is 10.1 Å². The zero-order valence-corrected chi connectivity index (χ0v) is 15.8. The number of aromatic nitrogens is 3. The third-order valence-electron chi connectivity index (χ3n) is 5.40. The predicted molar refractivity (Wildman–Crippen MR) is 108 cm³/mol. The van der Waals surface area contributed by atoms with Gasteiger partial charge in [-0.05, 0) is 36.1 Å². The van der Waals surface area contributed by atoms with Crippen LogP contribution in [0.5, 0.6) is 0 Å². The number of rotatable bonds is 3. The van der Waals surface area contributed by atoms with Crippen molar-refractivity contribution in [3.63, 3.8) is 0 Å². The van der Waals surface area contributed by atoms with Crippen LogP contribution in [0.15, 0.2) is 64.0 Å². The Kier molecular flexibility index (Phi) is 4.01. The van der Waals surface area contributed by atoms with Crippen LogP contribution in [0, 0.1) is 0 Å². The van der Waals surface area contributed by atoms with Crippen molar-refractivity contribution in [3.05, 3.63) is 70.8 Å². The number of pyridine rings is 2. The number of likely N-dealkylation sites (tertiary alicyclic amines) is 1. The van der Waals surface area contributed by atoms with Crippen molar-refractivity contribution in [3.8, 4) is 22.6 Å². The van der Waals surface area contributed by atoms with Crippen LogP contribution >= 0.6 is 0 Å². The summed E-state index contributed by atoms with van der Waals surface area (Å²) in [6.07, 6.45) is 2.36. The highest BCUT2D eigenvalue weighted by molar-refractivity contribution is 5.95. The van der Waals surface area contributed by atoms with E-state index in [9.17, 15) is 9.59 Å². The lowest BCUT2D eigenvalue weighted by Crippen LogP contribution is -2.21. The molecule has 1 atom stereocenters. The van der Waals surface area contributed by atoms with E-state index in [4.69, 9.17) is 9.51 Å². The van der Waals surface area contributed by atoms with Gasteiger partial charge in [-0.15, -0.1) is 0 Å². The maximum Gasteiger partial charge on any atom is 0.255 e. The topological polar surface area (TPSA) is 92.1 Å². The number of nitrogens with zero attached hydrogens (tertiary/aromatic N) is 3. The number of nitrogens with one attached hydrogen (secondary N) is 1. The highest BCUT2D eigenvalue weighted by atomic mass is 16.5. The Hall–Kier alpha value is -3.74. The number of fused-ring (bicyclic) bond motifs is 1. The van der Waals surface area contributed by atoms with Crippen LogP contribution in [0.25, 0.3) is 33.4 Å². The Morgan fingerprint density at radius 2 is 1.86 bits per heavy atom. The Balaban J connectivity index is 1.54. The quantitative estimate of drug-likeness (QED) is 0.584. The second-order valence-corrected chi connectivity index (χ2v) is 7.20. The molecule has 1 fully saturated rings. The molecular weight excluding hydrogens is 368 g/mol. The second kappa shape index (κ2) is 6.70. The number of likely N-dealkylation sites (N-methyl/N-ethyl adjacent to an activating group) is 1. The summed E-state index contributed by atoms with van der Waals surface area (Å²) in [4.78, 5) is 33.5. The summed E-state index contributed by atoms with van der Waals surface area (Å²) in [7, 11) is 1.79. The van der Waals surface area contributed by atoms with Crippen LogP contribution in [0.2, 0.25) is 0 Å². The van der Waals surface area contributed by atoms with Crippen molar-refractivity contribution < 1.29 is 9.32 Å². The van der Waals surface area contributed by atoms with E-state index >= 15 is 0 Å². The first-order valence-corrected chi connectivity index (χ1v) is 9.41. The van der Waals surface area contributed by atoms with Gasteiger partial charge in [-0.25, -0.2) is 4.98 Å². The minimum absolute atomic E-state index is 0.0513. The number of hydrogen-bond donors (Lipinski definition) is 1. The standard InChI is InChI=1S/C22H18N4O3/c1-26-11-9-16(22(26)28)20-12-19(25-29-20)18-7-3-6-17(24-18)14-4-2-5-15-13(14)8-10-23-21(15)27/h2-8,10,12,16H,9,11H2,1H3,(H,23,27). The third-order valence-corrected chi connectivity index (χ3v) is 5.40. The number of carbonyl (C=O) groups is 1. The molecule has 5 rings (SSSR count). The molecule has 0 bridgehead atoms. The number of amides is 1. The number of carbonyl (C=O) groups excluding carboxylic acids is 1. The molecule has 0 aliphatic carbocycles. The van der Waals surface area contributed by atoms with E-state index in [-0.39, 0.29) is 17.4 Å². The average Bonchev–Trinajstić information content (AvgIpc) is 3.35. The van der Waals surface area contributed by atoms with Gasteiger partial charge in [0.2, 0.25) is 5.91 Å². The first-order chi connectivity index (χ1) is 14.1. The van der Waals surface area contributed by atoms with Gasteiger partial charge in [0.15, 0.2) is 0 Å². The molecule has 1 saturated heterocycles. The fourth-order valence-corrected chi connectivity index (χ4v) is 3.83. The Morgan fingerprint density at radius 3 is 2.69 bits per heavy atom. The zero-order valence-electron chi connectivity index (χ0n) is 15.8. The smallest absolute Gasteiger partial charge is 0.255 e. The molecule has 1 N–H and O–H groups in total. The molecular formula is C22H18N4O3. The van der Waals surface area contributed by atoms with Gasteiger partial charge >= 0.3 is 0 Å². The van der Waals surface area contributed by atoms with E-state index in [0.717, 1.165) is 23.1 Å². The van der Waals surface area contributed by atoms with Crippen molar-refractivity contribution in [2.45, 2.75) is 12.3 Å². The van der Waals surface area contributed by atoms with Crippen LogP contribution in [0.3, 0.4) is 0 Å². The van der Waals surface area contributed by atoms with Crippen LogP contribution in [0.1, 0.15) is 18.1 Å². The second-order valence-electron chi connectivity index (χ2n) is 7.20. The molecule has 1 unspecified atom stereocenters. The van der Waals surface area contributed by atoms with E-state index in [0.29, 0.717) is 29.1 Å². The molecule has 0 spiro atoms. The van der Waals surface area contributed by atoms with Gasteiger partial charge in [-0.3, -0.25) is 9.59 Å². The van der Waals surface area contributed by atoms with Gasteiger partial charge in [0.25, 0.3) is 5.56 Å². The SMILES string of the molecule is CN1CCC(c2cc(-c3cccc(-c4cccc5c(=O)[nH]ccc45)n3)no2)C1=O. The van der Waals surface area contributed by atoms with Gasteiger partial charge < -0.3 is 14.4 Å². The number of H-pyrrole nitrogens is 1. The van der Waals surface area contributed by atoms with Gasteiger partial charge in [0.1, 0.15) is 17.4 Å². The van der Waals surface area contributed by atoms with Crippen LogP contribution in [-0.4, -0.2) is 39.5 Å². The first kappa shape index (κ1) is 17.4. The van der Waals surface area contributed by atoms with Gasteiger partial charge in [0, 0.05) is 36.8 Å². The lowest BCUT2D eigenvalue weighted by Gasteiger charge is -2.07. The molecule has 1 aliphatic heterocycles. The Bertz CT molecular complexity index is 1290. The Morgan fingerprint density at radius 1 is 1.03 bits per heavy atom. The van der Waals surface area contributed by atoms with Crippen molar-refractivity contribution in [2.75, 3.05) is 13.6 Å². The molecule has 29 heavy (non-hydrogen) atoms. The molecule has 7 nitrogen and oxygen atoms in total.